The Hall–Kier alpha value is -1.39. The van der Waals surface area contributed by atoms with Gasteiger partial charge in [0.2, 0.25) is 0 Å². The van der Waals surface area contributed by atoms with E-state index in [2.05, 4.69) is 4.18 Å². The topological polar surface area (TPSA) is 43.4 Å². The molecule has 17 heavy (non-hydrogen) atoms. The van der Waals surface area contributed by atoms with Gasteiger partial charge >= 0.3 is 0 Å². The summed E-state index contributed by atoms with van der Waals surface area (Å²) in [5.74, 6) is 0. The molecule has 0 aliphatic carbocycles. The van der Waals surface area contributed by atoms with Gasteiger partial charge in [-0.15, -0.1) is 0 Å². The molecule has 0 aliphatic rings. The van der Waals surface area contributed by atoms with Crippen molar-refractivity contribution in [1.29, 1.82) is 0 Å². The van der Waals surface area contributed by atoms with Crippen LogP contribution in [0.15, 0.2) is 41.3 Å². The lowest BCUT2D eigenvalue weighted by molar-refractivity contribution is 0.398. The van der Waals surface area contributed by atoms with Crippen molar-refractivity contribution in [1.82, 2.24) is 0 Å². The van der Waals surface area contributed by atoms with Gasteiger partial charge in [-0.3, -0.25) is 4.18 Å². The van der Waals surface area contributed by atoms with Gasteiger partial charge < -0.3 is 0 Å². The fraction of sp³-hybridized carbons (Fsp3) is 0.231. The first-order valence-corrected chi connectivity index (χ1v) is 6.82. The SMILES string of the molecule is CCc1ccc2ccccc2c1S(=O)(=O)OC. The maximum Gasteiger partial charge on any atom is 0.297 e. The van der Waals surface area contributed by atoms with E-state index in [4.69, 9.17) is 0 Å². The summed E-state index contributed by atoms with van der Waals surface area (Å²) in [6, 6.07) is 11.2. The average molecular weight is 250 g/mol. The standard InChI is InChI=1S/C13H14O3S/c1-3-10-8-9-11-6-4-5-7-12(11)13(10)17(14,15)16-2/h4-9H,3H2,1-2H3. The van der Waals surface area contributed by atoms with E-state index in [0.717, 1.165) is 10.9 Å². The van der Waals surface area contributed by atoms with Gasteiger partial charge in [0.1, 0.15) is 4.90 Å². The third kappa shape index (κ3) is 2.06. The van der Waals surface area contributed by atoms with Crippen molar-refractivity contribution in [2.45, 2.75) is 18.2 Å². The quantitative estimate of drug-likeness (QED) is 0.787. The Bertz CT molecular complexity index is 645. The molecule has 0 spiro atoms. The second kappa shape index (κ2) is 4.47. The Morgan fingerprint density at radius 3 is 2.47 bits per heavy atom. The van der Waals surface area contributed by atoms with Gasteiger partial charge in [-0.1, -0.05) is 43.3 Å². The lowest BCUT2D eigenvalue weighted by Gasteiger charge is -2.10. The van der Waals surface area contributed by atoms with Gasteiger partial charge in [0, 0.05) is 5.39 Å². The second-order valence-corrected chi connectivity index (χ2v) is 5.40. The van der Waals surface area contributed by atoms with Crippen molar-refractivity contribution in [2.75, 3.05) is 7.11 Å². The Kier molecular flexibility index (Phi) is 3.17. The monoisotopic (exact) mass is 250 g/mol. The highest BCUT2D eigenvalue weighted by molar-refractivity contribution is 7.87. The van der Waals surface area contributed by atoms with E-state index < -0.39 is 10.1 Å². The lowest BCUT2D eigenvalue weighted by Crippen LogP contribution is -2.07. The summed E-state index contributed by atoms with van der Waals surface area (Å²) in [7, 11) is -2.48. The van der Waals surface area contributed by atoms with Gasteiger partial charge in [0.25, 0.3) is 10.1 Å². The molecule has 3 nitrogen and oxygen atoms in total. The average Bonchev–Trinajstić information content (AvgIpc) is 2.37. The third-order valence-electron chi connectivity index (χ3n) is 2.81. The maximum absolute atomic E-state index is 12.0. The van der Waals surface area contributed by atoms with Crippen molar-refractivity contribution in [3.05, 3.63) is 42.0 Å². The molecule has 90 valence electrons. The molecule has 0 atom stereocenters. The highest BCUT2D eigenvalue weighted by Gasteiger charge is 2.20. The second-order valence-electron chi connectivity index (χ2n) is 3.75. The molecule has 2 aromatic rings. The zero-order valence-electron chi connectivity index (χ0n) is 9.80. The highest BCUT2D eigenvalue weighted by Crippen LogP contribution is 2.28. The van der Waals surface area contributed by atoms with Crippen LogP contribution in [0.1, 0.15) is 12.5 Å². The van der Waals surface area contributed by atoms with Crippen molar-refractivity contribution in [2.24, 2.45) is 0 Å². The molecule has 0 saturated heterocycles. The number of hydrogen-bond acceptors (Lipinski definition) is 3. The molecule has 0 fully saturated rings. The molecular formula is C13H14O3S. The normalized spacial score (nSPS) is 11.9. The predicted octanol–water partition coefficient (Wildman–Crippen LogP) is 2.74. The van der Waals surface area contributed by atoms with Crippen LogP contribution >= 0.6 is 0 Å². The van der Waals surface area contributed by atoms with Gasteiger partial charge in [0.05, 0.1) is 7.11 Å². The number of hydrogen-bond donors (Lipinski definition) is 0. The molecule has 0 aromatic heterocycles. The predicted molar refractivity (Wildman–Crippen MR) is 67.5 cm³/mol. The smallest absolute Gasteiger partial charge is 0.270 e. The molecule has 0 unspecified atom stereocenters. The summed E-state index contributed by atoms with van der Waals surface area (Å²) in [5, 5.41) is 1.62. The Morgan fingerprint density at radius 2 is 1.82 bits per heavy atom. The minimum absolute atomic E-state index is 0.292. The Labute approximate surface area is 101 Å². The van der Waals surface area contributed by atoms with Crippen molar-refractivity contribution in [3.63, 3.8) is 0 Å². The van der Waals surface area contributed by atoms with E-state index in [9.17, 15) is 8.42 Å². The minimum Gasteiger partial charge on any atom is -0.270 e. The maximum atomic E-state index is 12.0. The van der Waals surface area contributed by atoms with Crippen molar-refractivity contribution >= 4 is 20.9 Å². The first kappa shape index (κ1) is 12.1. The van der Waals surface area contributed by atoms with Crippen LogP contribution in [-0.2, 0) is 20.7 Å². The molecule has 0 aliphatic heterocycles. The van der Waals surface area contributed by atoms with E-state index in [-0.39, 0.29) is 0 Å². The summed E-state index contributed by atoms with van der Waals surface area (Å²) in [4.78, 5) is 0.292. The highest BCUT2D eigenvalue weighted by atomic mass is 32.2. The first-order chi connectivity index (χ1) is 8.10. The molecular weight excluding hydrogens is 236 g/mol. The summed E-state index contributed by atoms with van der Waals surface area (Å²) in [6.45, 7) is 1.93. The van der Waals surface area contributed by atoms with Crippen LogP contribution in [0.4, 0.5) is 0 Å². The third-order valence-corrected chi connectivity index (χ3v) is 4.23. The fourth-order valence-electron chi connectivity index (χ4n) is 1.95. The summed E-state index contributed by atoms with van der Waals surface area (Å²) in [5.41, 5.74) is 0.783. The van der Waals surface area contributed by atoms with Crippen LogP contribution in [0.3, 0.4) is 0 Å². The minimum atomic E-state index is -3.67. The number of rotatable bonds is 3. The number of aryl methyl sites for hydroxylation is 1. The van der Waals surface area contributed by atoms with E-state index in [0.29, 0.717) is 16.7 Å². The van der Waals surface area contributed by atoms with Crippen molar-refractivity contribution < 1.29 is 12.6 Å². The first-order valence-electron chi connectivity index (χ1n) is 5.41. The largest absolute Gasteiger partial charge is 0.297 e. The molecule has 0 N–H and O–H groups in total. The van der Waals surface area contributed by atoms with Crippen LogP contribution in [0.2, 0.25) is 0 Å². The molecule has 4 heteroatoms. The molecule has 2 aromatic carbocycles. The Balaban J connectivity index is 2.91. The molecule has 0 radical (unpaired) electrons. The van der Waals surface area contributed by atoms with Gasteiger partial charge in [-0.25, -0.2) is 0 Å². The fourth-order valence-corrected chi connectivity index (χ4v) is 3.10. The summed E-state index contributed by atoms with van der Waals surface area (Å²) in [6.07, 6.45) is 0.656. The van der Waals surface area contributed by atoms with Crippen LogP contribution in [0.5, 0.6) is 0 Å². The molecule has 0 bridgehead atoms. The van der Waals surface area contributed by atoms with Crippen LogP contribution in [0, 0.1) is 0 Å². The Morgan fingerprint density at radius 1 is 1.12 bits per heavy atom. The van der Waals surface area contributed by atoms with Gasteiger partial charge in [-0.05, 0) is 17.4 Å². The lowest BCUT2D eigenvalue weighted by atomic mass is 10.1. The van der Waals surface area contributed by atoms with E-state index >= 15 is 0 Å². The summed E-state index contributed by atoms with van der Waals surface area (Å²) < 4.78 is 28.6. The number of benzene rings is 2. The number of fused-ring (bicyclic) bond motifs is 1. The van der Waals surface area contributed by atoms with Crippen LogP contribution in [-0.4, -0.2) is 15.5 Å². The zero-order chi connectivity index (χ0) is 12.5. The van der Waals surface area contributed by atoms with Gasteiger partial charge in [0.15, 0.2) is 0 Å². The van der Waals surface area contributed by atoms with E-state index in [1.54, 1.807) is 6.07 Å². The molecule has 0 amide bonds. The zero-order valence-corrected chi connectivity index (χ0v) is 10.6. The van der Waals surface area contributed by atoms with Crippen LogP contribution in [0.25, 0.3) is 10.8 Å². The summed E-state index contributed by atoms with van der Waals surface area (Å²) >= 11 is 0. The van der Waals surface area contributed by atoms with Crippen LogP contribution < -0.4 is 0 Å². The molecule has 2 rings (SSSR count). The molecule has 0 saturated carbocycles. The molecule has 0 heterocycles. The van der Waals surface area contributed by atoms with E-state index in [1.807, 2.05) is 37.3 Å². The van der Waals surface area contributed by atoms with E-state index in [1.165, 1.54) is 7.11 Å². The van der Waals surface area contributed by atoms with Crippen molar-refractivity contribution in [3.8, 4) is 0 Å². The van der Waals surface area contributed by atoms with Gasteiger partial charge in [-0.2, -0.15) is 8.42 Å².